The number of nitrogens with two attached hydrogens (primary N) is 1. The van der Waals surface area contributed by atoms with Gasteiger partial charge in [-0.05, 0) is 18.1 Å². The molecule has 6 heteroatoms. The van der Waals surface area contributed by atoms with E-state index in [9.17, 15) is 8.42 Å². The fourth-order valence-electron chi connectivity index (χ4n) is 1.74. The maximum atomic E-state index is 11.4. The third kappa shape index (κ3) is 2.41. The lowest BCUT2D eigenvalue weighted by molar-refractivity contribution is 0.316. The molecule has 1 aromatic carbocycles. The highest BCUT2D eigenvalue weighted by Crippen LogP contribution is 2.27. The van der Waals surface area contributed by atoms with Gasteiger partial charge in [0.05, 0.1) is 17.9 Å². The second kappa shape index (κ2) is 4.37. The van der Waals surface area contributed by atoms with Crippen LogP contribution in [0.4, 0.5) is 0 Å². The van der Waals surface area contributed by atoms with Gasteiger partial charge in [0, 0.05) is 0 Å². The van der Waals surface area contributed by atoms with E-state index in [0.29, 0.717) is 23.5 Å². The quantitative estimate of drug-likeness (QED) is 0.873. The molecule has 0 aromatic heterocycles. The van der Waals surface area contributed by atoms with Gasteiger partial charge in [-0.25, -0.2) is 8.42 Å². The van der Waals surface area contributed by atoms with Crippen LogP contribution in [0.3, 0.4) is 0 Å². The van der Waals surface area contributed by atoms with Gasteiger partial charge in [0.15, 0.2) is 0 Å². The molecule has 5 nitrogen and oxygen atoms in total. The molecule has 17 heavy (non-hydrogen) atoms. The molecule has 1 aliphatic heterocycles. The average Bonchev–Trinajstić information content (AvgIpc) is 2.23. The maximum absolute atomic E-state index is 11.4. The molecule has 92 valence electrons. The summed E-state index contributed by atoms with van der Waals surface area (Å²) >= 11 is 0. The molecule has 0 aliphatic carbocycles. The summed E-state index contributed by atoms with van der Waals surface area (Å²) in [6, 6.07) is 5.26. The number of nitrogens with zero attached hydrogens (tertiary/aromatic N) is 1. The van der Waals surface area contributed by atoms with Crippen LogP contribution >= 0.6 is 0 Å². The first-order chi connectivity index (χ1) is 8.03. The Labute approximate surface area is 100 Å². The zero-order valence-electron chi connectivity index (χ0n) is 9.51. The summed E-state index contributed by atoms with van der Waals surface area (Å²) in [7, 11) is -3.48. The van der Waals surface area contributed by atoms with E-state index in [0.717, 1.165) is 6.42 Å². The van der Waals surface area contributed by atoms with E-state index in [1.54, 1.807) is 18.2 Å². The lowest BCUT2D eigenvalue weighted by atomic mass is 10.1. The van der Waals surface area contributed by atoms with Crippen molar-refractivity contribution in [1.29, 1.82) is 0 Å². The number of amidine groups is 1. The molecule has 0 radical (unpaired) electrons. The molecule has 0 bridgehead atoms. The van der Waals surface area contributed by atoms with Crippen LogP contribution in [0.1, 0.15) is 24.5 Å². The lowest BCUT2D eigenvalue weighted by Crippen LogP contribution is -2.24. The first-order valence-corrected chi connectivity index (χ1v) is 6.97. The molecule has 2 rings (SSSR count). The lowest BCUT2D eigenvalue weighted by Gasteiger charge is -2.17. The second-order valence-corrected chi connectivity index (χ2v) is 5.48. The molecule has 0 atom stereocenters. The van der Waals surface area contributed by atoms with Crippen molar-refractivity contribution in [3.63, 3.8) is 0 Å². The van der Waals surface area contributed by atoms with Gasteiger partial charge in [-0.2, -0.15) is 0 Å². The third-order valence-corrected chi connectivity index (χ3v) is 3.56. The Hall–Kier alpha value is -1.56. The Balaban J connectivity index is 2.49. The highest BCUT2D eigenvalue weighted by Gasteiger charge is 2.24. The van der Waals surface area contributed by atoms with Crippen molar-refractivity contribution in [2.75, 3.05) is 6.61 Å². The average molecular weight is 254 g/mol. The Kier molecular flexibility index (Phi) is 3.06. The van der Waals surface area contributed by atoms with Crippen LogP contribution in [0.2, 0.25) is 0 Å². The van der Waals surface area contributed by atoms with Crippen LogP contribution in [-0.2, 0) is 15.8 Å². The number of sulfonamides is 1. The minimum Gasteiger partial charge on any atom is -0.493 e. The second-order valence-electron chi connectivity index (χ2n) is 3.84. The summed E-state index contributed by atoms with van der Waals surface area (Å²) in [5, 5.41) is 0. The van der Waals surface area contributed by atoms with Gasteiger partial charge >= 0.3 is 0 Å². The third-order valence-electron chi connectivity index (χ3n) is 2.41. The van der Waals surface area contributed by atoms with E-state index >= 15 is 0 Å². The van der Waals surface area contributed by atoms with Crippen LogP contribution in [-0.4, -0.2) is 20.9 Å². The minimum absolute atomic E-state index is 0.0120. The smallest absolute Gasteiger partial charge is 0.259 e. The zero-order valence-corrected chi connectivity index (χ0v) is 10.3. The molecule has 0 amide bonds. The summed E-state index contributed by atoms with van der Waals surface area (Å²) in [6.45, 7) is 2.56. The molecule has 0 spiro atoms. The molecular formula is C11H14N2O3S. The molecule has 1 aromatic rings. The normalized spacial score (nSPS) is 17.1. The van der Waals surface area contributed by atoms with Gasteiger partial charge in [-0.15, -0.1) is 4.40 Å². The molecule has 0 saturated carbocycles. The van der Waals surface area contributed by atoms with E-state index in [4.69, 9.17) is 10.5 Å². The minimum atomic E-state index is -3.48. The topological polar surface area (TPSA) is 81.8 Å². The molecule has 0 fully saturated rings. The van der Waals surface area contributed by atoms with E-state index in [1.807, 2.05) is 6.92 Å². The molecule has 0 unspecified atom stereocenters. The molecule has 2 N–H and O–H groups in total. The predicted octanol–water partition coefficient (Wildman–Crippen LogP) is 1.02. The maximum Gasteiger partial charge on any atom is 0.259 e. The fourth-order valence-corrected chi connectivity index (χ4v) is 2.83. The molecule has 0 saturated heterocycles. The fraction of sp³-hybridized carbons (Fsp3) is 0.364. The van der Waals surface area contributed by atoms with Crippen molar-refractivity contribution >= 4 is 15.9 Å². The monoisotopic (exact) mass is 254 g/mol. The summed E-state index contributed by atoms with van der Waals surface area (Å²) in [4.78, 5) is 0. The van der Waals surface area contributed by atoms with Gasteiger partial charge in [0.25, 0.3) is 10.0 Å². The number of hydrogen-bond acceptors (Lipinski definition) is 4. The number of fused-ring (bicyclic) bond motifs is 1. The summed E-state index contributed by atoms with van der Waals surface area (Å²) in [5.41, 5.74) is 6.94. The Morgan fingerprint density at radius 1 is 1.47 bits per heavy atom. The van der Waals surface area contributed by atoms with Crippen LogP contribution in [0.15, 0.2) is 22.6 Å². The van der Waals surface area contributed by atoms with Crippen molar-refractivity contribution < 1.29 is 13.2 Å². The SMILES string of the molecule is CCCOc1cccc2c1C(N)=NS(=O)(=O)C2. The van der Waals surface area contributed by atoms with Gasteiger partial charge in [-0.3, -0.25) is 0 Å². The highest BCUT2D eigenvalue weighted by atomic mass is 32.2. The summed E-state index contributed by atoms with van der Waals surface area (Å²) in [6.07, 6.45) is 0.874. The number of rotatable bonds is 3. The van der Waals surface area contributed by atoms with Crippen LogP contribution in [0.25, 0.3) is 0 Å². The van der Waals surface area contributed by atoms with E-state index in [1.165, 1.54) is 0 Å². The van der Waals surface area contributed by atoms with Crippen LogP contribution in [0, 0.1) is 0 Å². The number of hydrogen-bond donors (Lipinski definition) is 1. The summed E-state index contributed by atoms with van der Waals surface area (Å²) in [5.74, 6) is 0.491. The number of benzene rings is 1. The molecule has 1 heterocycles. The summed E-state index contributed by atoms with van der Waals surface area (Å²) < 4.78 is 31.9. The zero-order chi connectivity index (χ0) is 12.5. The van der Waals surface area contributed by atoms with Crippen molar-refractivity contribution in [3.8, 4) is 5.75 Å². The van der Waals surface area contributed by atoms with Crippen LogP contribution in [0.5, 0.6) is 5.75 Å². The van der Waals surface area contributed by atoms with E-state index in [-0.39, 0.29) is 11.6 Å². The van der Waals surface area contributed by atoms with Gasteiger partial charge < -0.3 is 10.5 Å². The number of ether oxygens (including phenoxy) is 1. The highest BCUT2D eigenvalue weighted by molar-refractivity contribution is 7.89. The van der Waals surface area contributed by atoms with Crippen LogP contribution < -0.4 is 10.5 Å². The Morgan fingerprint density at radius 3 is 2.94 bits per heavy atom. The first kappa shape index (κ1) is 11.9. The van der Waals surface area contributed by atoms with E-state index < -0.39 is 10.0 Å². The van der Waals surface area contributed by atoms with Crippen molar-refractivity contribution in [2.24, 2.45) is 10.1 Å². The Bertz CT molecular complexity index is 564. The van der Waals surface area contributed by atoms with Gasteiger partial charge in [0.1, 0.15) is 11.6 Å². The first-order valence-electron chi connectivity index (χ1n) is 5.36. The van der Waals surface area contributed by atoms with E-state index in [2.05, 4.69) is 4.40 Å². The Morgan fingerprint density at radius 2 is 2.24 bits per heavy atom. The predicted molar refractivity (Wildman–Crippen MR) is 65.6 cm³/mol. The largest absolute Gasteiger partial charge is 0.493 e. The van der Waals surface area contributed by atoms with Gasteiger partial charge in [-0.1, -0.05) is 19.1 Å². The van der Waals surface area contributed by atoms with Gasteiger partial charge in [0.2, 0.25) is 0 Å². The molecule has 1 aliphatic rings. The van der Waals surface area contributed by atoms with Crippen molar-refractivity contribution in [3.05, 3.63) is 29.3 Å². The van der Waals surface area contributed by atoms with Crippen molar-refractivity contribution in [1.82, 2.24) is 0 Å². The standard InChI is InChI=1S/C11H14N2O3S/c1-2-6-16-9-5-3-4-8-7-17(14,15)13-11(12)10(8)9/h3-5H,2,6-7H2,1H3,(H2,12,13). The van der Waals surface area contributed by atoms with Crippen molar-refractivity contribution in [2.45, 2.75) is 19.1 Å². The molecular weight excluding hydrogens is 240 g/mol.